The third-order valence-electron chi connectivity index (χ3n) is 1.92. The van der Waals surface area contributed by atoms with Crippen LogP contribution < -0.4 is 4.72 Å². The monoisotopic (exact) mass is 306 g/mol. The van der Waals surface area contributed by atoms with Gasteiger partial charge in [0.05, 0.1) is 5.75 Å². The molecule has 7 nitrogen and oxygen atoms in total. The van der Waals surface area contributed by atoms with E-state index in [-0.39, 0.29) is 10.9 Å². The molecule has 0 saturated carbocycles. The van der Waals surface area contributed by atoms with E-state index in [4.69, 9.17) is 9.84 Å². The number of anilines is 1. The molecule has 19 heavy (non-hydrogen) atoms. The fourth-order valence-electron chi connectivity index (χ4n) is 1.14. The van der Waals surface area contributed by atoms with Gasteiger partial charge in [-0.15, -0.1) is 0 Å². The van der Waals surface area contributed by atoms with Crippen molar-refractivity contribution in [2.45, 2.75) is 6.42 Å². The maximum Gasteiger partial charge on any atom is 0.328 e. The highest BCUT2D eigenvalue weighted by molar-refractivity contribution is 7.92. The molecule has 0 amide bonds. The van der Waals surface area contributed by atoms with Crippen LogP contribution in [0.15, 0.2) is 12.3 Å². The Bertz CT molecular complexity index is 550. The molecule has 0 aliphatic carbocycles. The average Bonchev–Trinajstić information content (AvgIpc) is 2.73. The van der Waals surface area contributed by atoms with Crippen LogP contribution in [0.5, 0.6) is 0 Å². The number of thiazole rings is 1. The van der Waals surface area contributed by atoms with Crippen molar-refractivity contribution in [1.29, 1.82) is 0 Å². The Morgan fingerprint density at radius 3 is 3.00 bits per heavy atom. The van der Waals surface area contributed by atoms with Crippen LogP contribution in [0.1, 0.15) is 11.3 Å². The molecular formula is C10H14N2O5S2. The molecule has 0 fully saturated rings. The van der Waals surface area contributed by atoms with Crippen LogP contribution in [0.2, 0.25) is 0 Å². The molecule has 0 spiro atoms. The van der Waals surface area contributed by atoms with E-state index >= 15 is 0 Å². The van der Waals surface area contributed by atoms with Gasteiger partial charge in [0.2, 0.25) is 10.0 Å². The molecule has 0 saturated heterocycles. The predicted molar refractivity (Wildman–Crippen MR) is 72.7 cm³/mol. The summed E-state index contributed by atoms with van der Waals surface area (Å²) in [5, 5.41) is 8.67. The van der Waals surface area contributed by atoms with Crippen LogP contribution in [0.25, 0.3) is 6.08 Å². The molecule has 0 bridgehead atoms. The van der Waals surface area contributed by atoms with Crippen LogP contribution in [-0.4, -0.2) is 43.9 Å². The second-order valence-corrected chi connectivity index (χ2v) is 6.41. The number of hydrogen-bond acceptors (Lipinski definition) is 6. The van der Waals surface area contributed by atoms with E-state index in [9.17, 15) is 13.2 Å². The fraction of sp³-hybridized carbons (Fsp3) is 0.400. The van der Waals surface area contributed by atoms with Gasteiger partial charge in [-0.05, 0) is 12.5 Å². The number of ether oxygens (including phenoxy) is 1. The Balaban J connectivity index is 2.60. The van der Waals surface area contributed by atoms with Gasteiger partial charge in [-0.2, -0.15) is 0 Å². The summed E-state index contributed by atoms with van der Waals surface area (Å²) in [6.45, 7) is 0.366. The van der Waals surface area contributed by atoms with Crippen molar-refractivity contribution < 1.29 is 23.1 Å². The van der Waals surface area contributed by atoms with Gasteiger partial charge in [-0.1, -0.05) is 11.3 Å². The molecule has 1 aromatic rings. The Morgan fingerprint density at radius 2 is 2.37 bits per heavy atom. The van der Waals surface area contributed by atoms with E-state index in [0.29, 0.717) is 17.9 Å². The summed E-state index contributed by atoms with van der Waals surface area (Å²) in [7, 11) is -1.95. The van der Waals surface area contributed by atoms with Gasteiger partial charge in [-0.3, -0.25) is 4.72 Å². The maximum absolute atomic E-state index is 11.6. The fourth-order valence-corrected chi connectivity index (χ4v) is 3.18. The molecular weight excluding hydrogens is 292 g/mol. The lowest BCUT2D eigenvalue weighted by atomic mass is 10.4. The molecule has 106 valence electrons. The highest BCUT2D eigenvalue weighted by Gasteiger charge is 2.12. The molecule has 9 heteroatoms. The topological polar surface area (TPSA) is 106 Å². The van der Waals surface area contributed by atoms with Crippen molar-refractivity contribution in [2.75, 3.05) is 24.2 Å². The SMILES string of the molecule is COCCCS(=O)(=O)Nc1ncc(C=CC(=O)O)s1. The van der Waals surface area contributed by atoms with Crippen molar-refractivity contribution in [3.05, 3.63) is 17.2 Å². The molecule has 0 radical (unpaired) electrons. The number of hydrogen-bond donors (Lipinski definition) is 2. The summed E-state index contributed by atoms with van der Waals surface area (Å²) in [6.07, 6.45) is 4.10. The number of nitrogens with one attached hydrogen (secondary N) is 1. The lowest BCUT2D eigenvalue weighted by molar-refractivity contribution is -0.131. The van der Waals surface area contributed by atoms with Gasteiger partial charge in [0.15, 0.2) is 5.13 Å². The quantitative estimate of drug-likeness (QED) is 0.548. The van der Waals surface area contributed by atoms with E-state index in [0.717, 1.165) is 17.4 Å². The average molecular weight is 306 g/mol. The second-order valence-electron chi connectivity index (χ2n) is 3.51. The Morgan fingerprint density at radius 1 is 1.63 bits per heavy atom. The number of sulfonamides is 1. The summed E-state index contributed by atoms with van der Waals surface area (Å²) in [5.41, 5.74) is 0. The number of aromatic nitrogens is 1. The molecule has 2 N–H and O–H groups in total. The maximum atomic E-state index is 11.6. The second kappa shape index (κ2) is 7.22. The molecule has 0 atom stereocenters. The third-order valence-corrected chi connectivity index (χ3v) is 4.26. The van der Waals surface area contributed by atoms with Gasteiger partial charge in [0.25, 0.3) is 0 Å². The summed E-state index contributed by atoms with van der Waals surface area (Å²) >= 11 is 1.06. The first-order valence-corrected chi connectivity index (χ1v) is 7.76. The zero-order chi connectivity index (χ0) is 14.3. The normalized spacial score (nSPS) is 11.8. The number of carbonyl (C=O) groups is 1. The van der Waals surface area contributed by atoms with Gasteiger partial charge >= 0.3 is 5.97 Å². The van der Waals surface area contributed by atoms with Crippen molar-refractivity contribution in [1.82, 2.24) is 4.98 Å². The number of nitrogens with zero attached hydrogens (tertiary/aromatic N) is 1. The smallest absolute Gasteiger partial charge is 0.328 e. The van der Waals surface area contributed by atoms with Crippen molar-refractivity contribution in [2.24, 2.45) is 0 Å². The Labute approximate surface area is 115 Å². The summed E-state index contributed by atoms with van der Waals surface area (Å²) in [5.74, 6) is -1.13. The minimum Gasteiger partial charge on any atom is -0.478 e. The highest BCUT2D eigenvalue weighted by atomic mass is 32.2. The van der Waals surface area contributed by atoms with Crippen LogP contribution >= 0.6 is 11.3 Å². The van der Waals surface area contributed by atoms with Crippen LogP contribution in [0.3, 0.4) is 0 Å². The highest BCUT2D eigenvalue weighted by Crippen LogP contribution is 2.20. The minimum absolute atomic E-state index is 0.0548. The minimum atomic E-state index is -3.45. The summed E-state index contributed by atoms with van der Waals surface area (Å²) in [6, 6.07) is 0. The van der Waals surface area contributed by atoms with E-state index in [1.807, 2.05) is 0 Å². The standard InChI is InChI=1S/C10H14N2O5S2/c1-17-5-2-6-19(15,16)12-10-11-7-8(18-10)3-4-9(13)14/h3-4,7H,2,5-6H2,1H3,(H,11,12)(H,13,14). The lowest BCUT2D eigenvalue weighted by Gasteiger charge is -2.03. The van der Waals surface area contributed by atoms with Gasteiger partial charge in [0.1, 0.15) is 0 Å². The van der Waals surface area contributed by atoms with Gasteiger partial charge in [0, 0.05) is 30.9 Å². The molecule has 0 unspecified atom stereocenters. The van der Waals surface area contributed by atoms with Crippen LogP contribution in [-0.2, 0) is 19.6 Å². The first-order valence-electron chi connectivity index (χ1n) is 5.29. The van der Waals surface area contributed by atoms with E-state index in [1.165, 1.54) is 19.4 Å². The molecule has 0 aliphatic heterocycles. The number of methoxy groups -OCH3 is 1. The van der Waals surface area contributed by atoms with Crippen LogP contribution in [0, 0.1) is 0 Å². The van der Waals surface area contributed by atoms with Gasteiger partial charge in [-0.25, -0.2) is 18.2 Å². The number of rotatable bonds is 8. The number of carboxylic acid groups (broad SMARTS) is 1. The Hall–Kier alpha value is -1.45. The zero-order valence-electron chi connectivity index (χ0n) is 10.2. The van der Waals surface area contributed by atoms with E-state index < -0.39 is 16.0 Å². The molecule has 1 rings (SSSR count). The largest absolute Gasteiger partial charge is 0.478 e. The Kier molecular flexibility index (Phi) is 5.93. The molecule has 0 aromatic carbocycles. The molecule has 0 aliphatic rings. The van der Waals surface area contributed by atoms with E-state index in [1.54, 1.807) is 0 Å². The van der Waals surface area contributed by atoms with Crippen molar-refractivity contribution in [3.63, 3.8) is 0 Å². The van der Waals surface area contributed by atoms with Gasteiger partial charge < -0.3 is 9.84 Å². The first kappa shape index (κ1) is 15.6. The number of carboxylic acids is 1. The van der Waals surface area contributed by atoms with Crippen molar-refractivity contribution in [3.8, 4) is 0 Å². The van der Waals surface area contributed by atoms with E-state index in [2.05, 4.69) is 9.71 Å². The first-order chi connectivity index (χ1) is 8.93. The predicted octanol–water partition coefficient (Wildman–Crippen LogP) is 1.02. The number of aliphatic carboxylic acids is 1. The van der Waals surface area contributed by atoms with Crippen LogP contribution in [0.4, 0.5) is 5.13 Å². The lowest BCUT2D eigenvalue weighted by Crippen LogP contribution is -2.17. The third kappa shape index (κ3) is 6.32. The summed E-state index contributed by atoms with van der Waals surface area (Å²) in [4.78, 5) is 14.7. The summed E-state index contributed by atoms with van der Waals surface area (Å²) < 4.78 is 30.4. The van der Waals surface area contributed by atoms with Crippen molar-refractivity contribution >= 4 is 38.5 Å². The zero-order valence-corrected chi connectivity index (χ0v) is 11.8. The molecule has 1 aromatic heterocycles. The molecule has 1 heterocycles.